The van der Waals surface area contributed by atoms with Crippen LogP contribution in [0.25, 0.3) is 10.9 Å². The van der Waals surface area contributed by atoms with Crippen LogP contribution in [0.2, 0.25) is 0 Å². The van der Waals surface area contributed by atoms with Gasteiger partial charge in [-0.15, -0.1) is 0 Å². The molecule has 0 unspecified atom stereocenters. The predicted octanol–water partition coefficient (Wildman–Crippen LogP) is 4.37. The van der Waals surface area contributed by atoms with E-state index in [1.807, 2.05) is 22.9 Å². The third-order valence-corrected chi connectivity index (χ3v) is 6.35. The summed E-state index contributed by atoms with van der Waals surface area (Å²) in [6.45, 7) is 1.88. The van der Waals surface area contributed by atoms with E-state index in [1.54, 1.807) is 12.4 Å². The van der Waals surface area contributed by atoms with Crippen molar-refractivity contribution in [3.05, 3.63) is 66.0 Å². The van der Waals surface area contributed by atoms with Crippen molar-refractivity contribution < 1.29 is 13.6 Å². The Hall–Kier alpha value is -3.24. The zero-order valence-corrected chi connectivity index (χ0v) is 17.8. The van der Waals surface area contributed by atoms with E-state index in [4.69, 9.17) is 0 Å². The van der Waals surface area contributed by atoms with Gasteiger partial charge in [-0.1, -0.05) is 11.8 Å². The molecule has 5 rings (SSSR count). The smallest absolute Gasteiger partial charge is 0.260 e. The SMILES string of the molecule is O=C(Nc1n[nH]c2ccc(Sc3cc(F)cc(F)c3)cc12)c1cnn(C2CCNCC2)c1. The minimum atomic E-state index is -0.630. The van der Waals surface area contributed by atoms with Gasteiger partial charge in [0.1, 0.15) is 11.6 Å². The number of H-pyrrole nitrogens is 1. The number of nitrogens with one attached hydrogen (secondary N) is 3. The fourth-order valence-corrected chi connectivity index (χ4v) is 4.71. The number of benzene rings is 2. The zero-order valence-electron chi connectivity index (χ0n) is 16.9. The molecule has 1 saturated heterocycles. The Bertz CT molecular complexity index is 1260. The van der Waals surface area contributed by atoms with Crippen LogP contribution in [0.1, 0.15) is 29.2 Å². The van der Waals surface area contributed by atoms with Crippen LogP contribution >= 0.6 is 11.8 Å². The van der Waals surface area contributed by atoms with Gasteiger partial charge in [-0.25, -0.2) is 8.78 Å². The zero-order chi connectivity index (χ0) is 22.1. The molecule has 1 aliphatic rings. The molecule has 0 bridgehead atoms. The molecule has 3 heterocycles. The van der Waals surface area contributed by atoms with E-state index < -0.39 is 11.6 Å². The van der Waals surface area contributed by atoms with Gasteiger partial charge in [-0.05, 0) is 56.3 Å². The summed E-state index contributed by atoms with van der Waals surface area (Å²) in [5.74, 6) is -1.18. The summed E-state index contributed by atoms with van der Waals surface area (Å²) in [6, 6.07) is 9.13. The molecule has 2 aromatic carbocycles. The number of rotatable bonds is 5. The highest BCUT2D eigenvalue weighted by molar-refractivity contribution is 7.99. The van der Waals surface area contributed by atoms with E-state index in [0.717, 1.165) is 42.4 Å². The summed E-state index contributed by atoms with van der Waals surface area (Å²) in [7, 11) is 0. The molecular formula is C22H20F2N6OS. The van der Waals surface area contributed by atoms with Crippen LogP contribution in [-0.4, -0.2) is 39.0 Å². The first-order chi connectivity index (χ1) is 15.5. The number of halogens is 2. The minimum absolute atomic E-state index is 0.288. The largest absolute Gasteiger partial charge is 0.317 e. The maximum absolute atomic E-state index is 13.5. The molecular weight excluding hydrogens is 434 g/mol. The molecule has 1 aliphatic heterocycles. The number of hydrogen-bond donors (Lipinski definition) is 3. The topological polar surface area (TPSA) is 87.6 Å². The van der Waals surface area contributed by atoms with Crippen molar-refractivity contribution in [2.75, 3.05) is 18.4 Å². The number of fused-ring (bicyclic) bond motifs is 1. The number of nitrogens with zero attached hydrogens (tertiary/aromatic N) is 3. The number of carbonyl (C=O) groups excluding carboxylic acids is 1. The lowest BCUT2D eigenvalue weighted by molar-refractivity contribution is 0.102. The van der Waals surface area contributed by atoms with E-state index in [0.29, 0.717) is 21.7 Å². The average molecular weight is 455 g/mol. The molecule has 3 N–H and O–H groups in total. The number of amides is 1. The Morgan fingerprint density at radius 2 is 1.88 bits per heavy atom. The Kier molecular flexibility index (Phi) is 5.62. The van der Waals surface area contributed by atoms with Crippen LogP contribution in [0.5, 0.6) is 0 Å². The van der Waals surface area contributed by atoms with Crippen molar-refractivity contribution in [2.45, 2.75) is 28.7 Å². The highest BCUT2D eigenvalue weighted by Crippen LogP contribution is 2.32. The number of piperidine rings is 1. The van der Waals surface area contributed by atoms with Crippen molar-refractivity contribution >= 4 is 34.4 Å². The van der Waals surface area contributed by atoms with Gasteiger partial charge in [-0.3, -0.25) is 14.6 Å². The number of anilines is 1. The number of carbonyl (C=O) groups is 1. The molecule has 1 amide bonds. The normalized spacial score (nSPS) is 14.7. The fourth-order valence-electron chi connectivity index (χ4n) is 3.78. The van der Waals surface area contributed by atoms with E-state index in [9.17, 15) is 13.6 Å². The fraction of sp³-hybridized carbons (Fsp3) is 0.227. The molecule has 10 heteroatoms. The Balaban J connectivity index is 1.34. The van der Waals surface area contributed by atoms with E-state index >= 15 is 0 Å². The third-order valence-electron chi connectivity index (χ3n) is 5.38. The summed E-state index contributed by atoms with van der Waals surface area (Å²) in [6.07, 6.45) is 5.27. The van der Waals surface area contributed by atoms with Gasteiger partial charge in [0.2, 0.25) is 0 Å². The summed E-state index contributed by atoms with van der Waals surface area (Å²) < 4.78 is 28.8. The van der Waals surface area contributed by atoms with Crippen LogP contribution in [0.4, 0.5) is 14.6 Å². The molecule has 32 heavy (non-hydrogen) atoms. The molecule has 0 atom stereocenters. The first-order valence-electron chi connectivity index (χ1n) is 10.2. The molecule has 164 valence electrons. The van der Waals surface area contributed by atoms with Crippen LogP contribution in [-0.2, 0) is 0 Å². The third kappa shape index (κ3) is 4.37. The van der Waals surface area contributed by atoms with E-state index in [-0.39, 0.29) is 11.9 Å². The lowest BCUT2D eigenvalue weighted by Crippen LogP contribution is -2.29. The molecule has 7 nitrogen and oxygen atoms in total. The first-order valence-corrected chi connectivity index (χ1v) is 11.0. The van der Waals surface area contributed by atoms with Crippen molar-refractivity contribution in [2.24, 2.45) is 0 Å². The van der Waals surface area contributed by atoms with Gasteiger partial charge < -0.3 is 10.6 Å². The molecule has 0 radical (unpaired) electrons. The summed E-state index contributed by atoms with van der Waals surface area (Å²) in [4.78, 5) is 14.0. The van der Waals surface area contributed by atoms with Crippen molar-refractivity contribution in [1.82, 2.24) is 25.3 Å². The quantitative estimate of drug-likeness (QED) is 0.417. The monoisotopic (exact) mass is 454 g/mol. The second-order valence-electron chi connectivity index (χ2n) is 7.63. The van der Waals surface area contributed by atoms with Crippen LogP contribution in [0.15, 0.2) is 58.6 Å². The molecule has 1 fully saturated rings. The second kappa shape index (κ2) is 8.71. The number of hydrogen-bond acceptors (Lipinski definition) is 5. The molecule has 0 aliphatic carbocycles. The van der Waals surface area contributed by atoms with Gasteiger partial charge in [0.25, 0.3) is 5.91 Å². The van der Waals surface area contributed by atoms with Gasteiger partial charge in [0.05, 0.1) is 23.3 Å². The second-order valence-corrected chi connectivity index (χ2v) is 8.78. The van der Waals surface area contributed by atoms with Gasteiger partial charge >= 0.3 is 0 Å². The molecule has 2 aromatic heterocycles. The van der Waals surface area contributed by atoms with Gasteiger partial charge in [0.15, 0.2) is 5.82 Å². The molecule has 4 aromatic rings. The van der Waals surface area contributed by atoms with Crippen LogP contribution < -0.4 is 10.6 Å². The highest BCUT2D eigenvalue weighted by Gasteiger charge is 2.19. The summed E-state index contributed by atoms with van der Waals surface area (Å²) in [5, 5.41) is 18.3. The summed E-state index contributed by atoms with van der Waals surface area (Å²) in [5.41, 5.74) is 1.20. The van der Waals surface area contributed by atoms with Crippen molar-refractivity contribution in [3.8, 4) is 0 Å². The number of aromatic nitrogens is 4. The Morgan fingerprint density at radius 3 is 2.66 bits per heavy atom. The lowest BCUT2D eigenvalue weighted by Gasteiger charge is -2.22. The lowest BCUT2D eigenvalue weighted by atomic mass is 10.1. The van der Waals surface area contributed by atoms with Crippen molar-refractivity contribution in [3.63, 3.8) is 0 Å². The van der Waals surface area contributed by atoms with E-state index in [1.165, 1.54) is 23.9 Å². The predicted molar refractivity (Wildman–Crippen MR) is 118 cm³/mol. The standard InChI is InChI=1S/C22H20F2N6OS/c23-14-7-15(24)9-18(8-14)32-17-1-2-20-19(10-17)21(29-28-20)27-22(31)13-11-26-30(12-13)16-3-5-25-6-4-16/h1-2,7-12,16,25H,3-6H2,(H2,27,28,29,31). The average Bonchev–Trinajstić information content (AvgIpc) is 3.42. The summed E-state index contributed by atoms with van der Waals surface area (Å²) >= 11 is 1.22. The van der Waals surface area contributed by atoms with E-state index in [2.05, 4.69) is 25.9 Å². The van der Waals surface area contributed by atoms with Crippen LogP contribution in [0, 0.1) is 11.6 Å². The van der Waals surface area contributed by atoms with Gasteiger partial charge in [0, 0.05) is 27.4 Å². The van der Waals surface area contributed by atoms with Crippen molar-refractivity contribution in [1.29, 1.82) is 0 Å². The maximum Gasteiger partial charge on any atom is 0.260 e. The van der Waals surface area contributed by atoms with Gasteiger partial charge in [-0.2, -0.15) is 10.2 Å². The Morgan fingerprint density at radius 1 is 1.09 bits per heavy atom. The highest BCUT2D eigenvalue weighted by atomic mass is 32.2. The van der Waals surface area contributed by atoms with Crippen LogP contribution in [0.3, 0.4) is 0 Å². The Labute approximate surface area is 186 Å². The number of aromatic amines is 1. The first kappa shape index (κ1) is 20.7. The molecule has 0 spiro atoms. The minimum Gasteiger partial charge on any atom is -0.317 e. The maximum atomic E-state index is 13.5. The molecule has 0 saturated carbocycles.